The molecule has 0 bridgehead atoms. The molecule has 0 aliphatic heterocycles. The minimum atomic E-state index is 0.126. The second-order valence-electron chi connectivity index (χ2n) is 5.65. The summed E-state index contributed by atoms with van der Waals surface area (Å²) in [5, 5.41) is 2.63. The van der Waals surface area contributed by atoms with Crippen LogP contribution in [0, 0.1) is 0 Å². The van der Waals surface area contributed by atoms with Crippen LogP contribution in [-0.2, 0) is 4.79 Å². The molecular weight excluding hydrogens is 282 g/mol. The predicted octanol–water partition coefficient (Wildman–Crippen LogP) is 5.88. The third kappa shape index (κ3) is 18.4. The zero-order valence-corrected chi connectivity index (χ0v) is 15.1. The number of allylic oxidation sites excluding steroid dienone is 8. The Balaban J connectivity index is 3.42. The summed E-state index contributed by atoms with van der Waals surface area (Å²) in [5.41, 5.74) is 0. The second kappa shape index (κ2) is 18.5. The van der Waals surface area contributed by atoms with Gasteiger partial charge in [0.2, 0.25) is 5.91 Å². The van der Waals surface area contributed by atoms with Gasteiger partial charge in [0.25, 0.3) is 0 Å². The van der Waals surface area contributed by atoms with Crippen LogP contribution in [0.3, 0.4) is 0 Å². The zero-order valence-electron chi connectivity index (χ0n) is 15.1. The first-order chi connectivity index (χ1) is 11.3. The quantitative estimate of drug-likeness (QED) is 0.315. The maximum atomic E-state index is 11.0. The maximum absolute atomic E-state index is 11.0. The van der Waals surface area contributed by atoms with Crippen molar-refractivity contribution in [2.75, 3.05) is 7.05 Å². The highest BCUT2D eigenvalue weighted by molar-refractivity contribution is 5.75. The number of hydrogen-bond acceptors (Lipinski definition) is 1. The molecule has 0 radical (unpaired) electrons. The van der Waals surface area contributed by atoms with E-state index in [2.05, 4.69) is 60.8 Å². The molecule has 0 saturated heterocycles. The van der Waals surface area contributed by atoms with Crippen molar-refractivity contribution in [3.8, 4) is 0 Å². The van der Waals surface area contributed by atoms with Gasteiger partial charge in [0.1, 0.15) is 0 Å². The van der Waals surface area contributed by atoms with E-state index in [1.165, 1.54) is 25.7 Å². The Kier molecular flexibility index (Phi) is 17.2. The van der Waals surface area contributed by atoms with Crippen LogP contribution >= 0.6 is 0 Å². The lowest BCUT2D eigenvalue weighted by Crippen LogP contribution is -2.16. The fraction of sp³-hybridized carbons (Fsp3) is 0.571. The minimum Gasteiger partial charge on any atom is -0.359 e. The molecule has 23 heavy (non-hydrogen) atoms. The molecule has 130 valence electrons. The predicted molar refractivity (Wildman–Crippen MR) is 102 cm³/mol. The van der Waals surface area contributed by atoms with Crippen LogP contribution in [0.1, 0.15) is 71.1 Å². The SMILES string of the molecule is CCCCCC=CCC=CCC=CCC=CCCCC(=O)NC. The van der Waals surface area contributed by atoms with Gasteiger partial charge in [-0.2, -0.15) is 0 Å². The molecule has 0 heterocycles. The topological polar surface area (TPSA) is 29.1 Å². The van der Waals surface area contributed by atoms with E-state index in [4.69, 9.17) is 0 Å². The molecule has 0 aromatic carbocycles. The summed E-state index contributed by atoms with van der Waals surface area (Å²) >= 11 is 0. The first-order valence-electron chi connectivity index (χ1n) is 9.11. The molecule has 2 heteroatoms. The van der Waals surface area contributed by atoms with E-state index in [1.54, 1.807) is 7.05 Å². The molecule has 0 atom stereocenters. The molecule has 0 aliphatic rings. The van der Waals surface area contributed by atoms with Gasteiger partial charge in [-0.1, -0.05) is 68.4 Å². The molecule has 0 aliphatic carbocycles. The summed E-state index contributed by atoms with van der Waals surface area (Å²) in [4.78, 5) is 11.0. The molecule has 2 nitrogen and oxygen atoms in total. The summed E-state index contributed by atoms with van der Waals surface area (Å²) < 4.78 is 0. The number of rotatable bonds is 14. The minimum absolute atomic E-state index is 0.126. The number of amides is 1. The summed E-state index contributed by atoms with van der Waals surface area (Å²) in [6.45, 7) is 2.24. The van der Waals surface area contributed by atoms with Crippen molar-refractivity contribution < 1.29 is 4.79 Å². The lowest BCUT2D eigenvalue weighted by atomic mass is 10.2. The van der Waals surface area contributed by atoms with E-state index < -0.39 is 0 Å². The second-order valence-corrected chi connectivity index (χ2v) is 5.65. The zero-order chi connectivity index (χ0) is 17.0. The van der Waals surface area contributed by atoms with Gasteiger partial charge in [-0.05, 0) is 44.9 Å². The fourth-order valence-electron chi connectivity index (χ4n) is 2.07. The van der Waals surface area contributed by atoms with E-state index in [9.17, 15) is 4.79 Å². The van der Waals surface area contributed by atoms with E-state index in [0.717, 1.165) is 32.1 Å². The first kappa shape index (κ1) is 21.4. The van der Waals surface area contributed by atoms with Crippen LogP contribution in [-0.4, -0.2) is 13.0 Å². The number of hydrogen-bond donors (Lipinski definition) is 1. The molecule has 1 amide bonds. The van der Waals surface area contributed by atoms with Crippen LogP contribution in [0.2, 0.25) is 0 Å². The molecule has 0 aromatic rings. The summed E-state index contributed by atoms with van der Waals surface area (Å²) in [6.07, 6.45) is 28.5. The maximum Gasteiger partial charge on any atom is 0.219 e. The third-order valence-corrected chi connectivity index (χ3v) is 3.51. The van der Waals surface area contributed by atoms with Gasteiger partial charge in [0.15, 0.2) is 0 Å². The highest BCUT2D eigenvalue weighted by Gasteiger charge is 1.94. The molecule has 0 saturated carbocycles. The van der Waals surface area contributed by atoms with Crippen LogP contribution in [0.15, 0.2) is 48.6 Å². The molecule has 0 rings (SSSR count). The van der Waals surface area contributed by atoms with Gasteiger partial charge < -0.3 is 5.32 Å². The standard InChI is InChI=1S/C21H35NO/c1-3-4-5-6-7-8-9-10-11-12-13-14-15-16-17-18-19-20-21(23)22-2/h7-8,10-11,13-14,16-17H,3-6,9,12,15,18-20H2,1-2H3,(H,22,23). The number of carbonyl (C=O) groups is 1. The Morgan fingerprint density at radius 2 is 1.22 bits per heavy atom. The van der Waals surface area contributed by atoms with Gasteiger partial charge in [-0.3, -0.25) is 4.79 Å². The largest absolute Gasteiger partial charge is 0.359 e. The van der Waals surface area contributed by atoms with Gasteiger partial charge in [0.05, 0.1) is 0 Å². The molecular formula is C21H35NO. The monoisotopic (exact) mass is 317 g/mol. The lowest BCUT2D eigenvalue weighted by Gasteiger charge is -1.95. The highest BCUT2D eigenvalue weighted by Crippen LogP contribution is 2.01. The number of unbranched alkanes of at least 4 members (excludes halogenated alkanes) is 4. The van der Waals surface area contributed by atoms with Crippen molar-refractivity contribution in [2.45, 2.75) is 71.1 Å². The molecule has 0 fully saturated rings. The highest BCUT2D eigenvalue weighted by atomic mass is 16.1. The summed E-state index contributed by atoms with van der Waals surface area (Å²) in [7, 11) is 1.68. The van der Waals surface area contributed by atoms with Crippen LogP contribution in [0.4, 0.5) is 0 Å². The Hall–Kier alpha value is -1.57. The average molecular weight is 318 g/mol. The average Bonchev–Trinajstić information content (AvgIpc) is 2.57. The lowest BCUT2D eigenvalue weighted by molar-refractivity contribution is -0.120. The van der Waals surface area contributed by atoms with Crippen LogP contribution in [0.5, 0.6) is 0 Å². The van der Waals surface area contributed by atoms with Gasteiger partial charge in [0, 0.05) is 13.5 Å². The van der Waals surface area contributed by atoms with Gasteiger partial charge >= 0.3 is 0 Å². The van der Waals surface area contributed by atoms with Crippen LogP contribution in [0.25, 0.3) is 0 Å². The van der Waals surface area contributed by atoms with E-state index in [1.807, 2.05) is 0 Å². The Labute approximate surface area is 143 Å². The molecule has 0 aromatic heterocycles. The summed E-state index contributed by atoms with van der Waals surface area (Å²) in [6, 6.07) is 0. The summed E-state index contributed by atoms with van der Waals surface area (Å²) in [5.74, 6) is 0.126. The Morgan fingerprint density at radius 3 is 1.70 bits per heavy atom. The Bertz CT molecular complexity index is 377. The van der Waals surface area contributed by atoms with E-state index in [0.29, 0.717) is 6.42 Å². The van der Waals surface area contributed by atoms with Gasteiger partial charge in [-0.15, -0.1) is 0 Å². The van der Waals surface area contributed by atoms with E-state index in [-0.39, 0.29) is 5.91 Å². The smallest absolute Gasteiger partial charge is 0.219 e. The third-order valence-electron chi connectivity index (χ3n) is 3.51. The fourth-order valence-corrected chi connectivity index (χ4v) is 2.07. The normalized spacial score (nSPS) is 12.3. The van der Waals surface area contributed by atoms with Crippen molar-refractivity contribution in [2.24, 2.45) is 0 Å². The first-order valence-corrected chi connectivity index (χ1v) is 9.11. The van der Waals surface area contributed by atoms with Crippen molar-refractivity contribution in [3.05, 3.63) is 48.6 Å². The van der Waals surface area contributed by atoms with Crippen molar-refractivity contribution in [3.63, 3.8) is 0 Å². The van der Waals surface area contributed by atoms with Gasteiger partial charge in [-0.25, -0.2) is 0 Å². The molecule has 1 N–H and O–H groups in total. The van der Waals surface area contributed by atoms with Crippen molar-refractivity contribution in [1.82, 2.24) is 5.32 Å². The Morgan fingerprint density at radius 1 is 0.739 bits per heavy atom. The molecule has 0 unspecified atom stereocenters. The van der Waals surface area contributed by atoms with Crippen LogP contribution < -0.4 is 5.32 Å². The van der Waals surface area contributed by atoms with E-state index >= 15 is 0 Å². The molecule has 0 spiro atoms. The van der Waals surface area contributed by atoms with Crippen molar-refractivity contribution >= 4 is 5.91 Å². The number of nitrogens with one attached hydrogen (secondary N) is 1. The number of carbonyl (C=O) groups excluding carboxylic acids is 1. The van der Waals surface area contributed by atoms with Crippen molar-refractivity contribution in [1.29, 1.82) is 0 Å².